The van der Waals surface area contributed by atoms with Crippen molar-refractivity contribution in [3.8, 4) is 0 Å². The summed E-state index contributed by atoms with van der Waals surface area (Å²) >= 11 is 6.78. The van der Waals surface area contributed by atoms with Crippen LogP contribution >= 0.6 is 22.9 Å². The van der Waals surface area contributed by atoms with E-state index in [4.69, 9.17) is 11.6 Å². The standard InChI is InChI=1S/C11H10ClF2N3S/c1-6-2-7(4-8(12)3-6)5-15-11-17-16-10(18-11)9(13)14/h2-4,9H,5H2,1H3,(H,15,17). The third-order valence-corrected chi connectivity index (χ3v) is 3.28. The number of alkyl halides is 2. The molecule has 0 spiro atoms. The molecule has 0 aliphatic rings. The van der Waals surface area contributed by atoms with Crippen LogP contribution < -0.4 is 5.32 Å². The van der Waals surface area contributed by atoms with Crippen LogP contribution in [0.3, 0.4) is 0 Å². The van der Waals surface area contributed by atoms with Gasteiger partial charge in [-0.3, -0.25) is 0 Å². The first-order chi connectivity index (χ1) is 8.54. The zero-order valence-corrected chi connectivity index (χ0v) is 11.0. The number of hydrogen-bond donors (Lipinski definition) is 1. The van der Waals surface area contributed by atoms with Gasteiger partial charge < -0.3 is 5.32 Å². The van der Waals surface area contributed by atoms with Crippen molar-refractivity contribution in [2.45, 2.75) is 19.9 Å². The van der Waals surface area contributed by atoms with Gasteiger partial charge in [-0.15, -0.1) is 10.2 Å². The molecule has 0 saturated carbocycles. The monoisotopic (exact) mass is 289 g/mol. The number of rotatable bonds is 4. The summed E-state index contributed by atoms with van der Waals surface area (Å²) in [6.45, 7) is 2.41. The highest BCUT2D eigenvalue weighted by atomic mass is 35.5. The molecule has 0 bridgehead atoms. The molecular formula is C11H10ClF2N3S. The first-order valence-corrected chi connectivity index (χ1v) is 6.35. The van der Waals surface area contributed by atoms with E-state index < -0.39 is 6.43 Å². The number of nitrogens with one attached hydrogen (secondary N) is 1. The summed E-state index contributed by atoms with van der Waals surface area (Å²) in [4.78, 5) is 0. The highest BCUT2D eigenvalue weighted by Gasteiger charge is 2.13. The van der Waals surface area contributed by atoms with Crippen LogP contribution in [0, 0.1) is 6.92 Å². The molecule has 0 amide bonds. The van der Waals surface area contributed by atoms with E-state index in [1.54, 1.807) is 0 Å². The van der Waals surface area contributed by atoms with Crippen LogP contribution in [-0.4, -0.2) is 10.2 Å². The minimum atomic E-state index is -2.58. The van der Waals surface area contributed by atoms with Crippen LogP contribution in [0.25, 0.3) is 0 Å². The van der Waals surface area contributed by atoms with Gasteiger partial charge in [0.15, 0.2) is 5.01 Å². The highest BCUT2D eigenvalue weighted by molar-refractivity contribution is 7.15. The summed E-state index contributed by atoms with van der Waals surface area (Å²) < 4.78 is 24.6. The number of halogens is 3. The fraction of sp³-hybridized carbons (Fsp3) is 0.273. The maximum atomic E-state index is 12.3. The van der Waals surface area contributed by atoms with Gasteiger partial charge in [0.25, 0.3) is 6.43 Å². The minimum absolute atomic E-state index is 0.278. The Morgan fingerprint density at radius 3 is 2.72 bits per heavy atom. The first-order valence-electron chi connectivity index (χ1n) is 5.16. The molecule has 96 valence electrons. The largest absolute Gasteiger partial charge is 0.356 e. The van der Waals surface area contributed by atoms with E-state index in [-0.39, 0.29) is 5.01 Å². The number of aryl methyl sites for hydroxylation is 1. The molecule has 0 radical (unpaired) electrons. The molecule has 18 heavy (non-hydrogen) atoms. The van der Waals surface area contributed by atoms with Gasteiger partial charge in [-0.25, -0.2) is 8.78 Å². The molecule has 7 heteroatoms. The van der Waals surface area contributed by atoms with Gasteiger partial charge in [0.2, 0.25) is 5.13 Å². The summed E-state index contributed by atoms with van der Waals surface area (Å²) in [7, 11) is 0. The number of aromatic nitrogens is 2. The third-order valence-electron chi connectivity index (χ3n) is 2.17. The lowest BCUT2D eigenvalue weighted by Gasteiger charge is -2.04. The molecule has 0 atom stereocenters. The Labute approximate surface area is 112 Å². The number of nitrogens with zero attached hydrogens (tertiary/aromatic N) is 2. The van der Waals surface area contributed by atoms with Gasteiger partial charge in [0, 0.05) is 11.6 Å². The number of benzene rings is 1. The predicted octanol–water partition coefficient (Wildman–Crippen LogP) is 4.05. The Morgan fingerprint density at radius 2 is 2.11 bits per heavy atom. The lowest BCUT2D eigenvalue weighted by atomic mass is 10.1. The van der Waals surface area contributed by atoms with Gasteiger partial charge in [-0.05, 0) is 30.2 Å². The van der Waals surface area contributed by atoms with E-state index in [9.17, 15) is 8.78 Å². The Morgan fingerprint density at radius 1 is 1.33 bits per heavy atom. The average molecular weight is 290 g/mol. The molecule has 1 N–H and O–H groups in total. The summed E-state index contributed by atoms with van der Waals surface area (Å²) in [5.41, 5.74) is 2.01. The molecule has 1 aromatic carbocycles. The van der Waals surface area contributed by atoms with Gasteiger partial charge in [-0.2, -0.15) is 0 Å². The molecule has 1 heterocycles. The van der Waals surface area contributed by atoms with Crippen molar-refractivity contribution in [1.82, 2.24) is 10.2 Å². The van der Waals surface area contributed by atoms with E-state index in [1.807, 2.05) is 25.1 Å². The van der Waals surface area contributed by atoms with Crippen LogP contribution in [0.5, 0.6) is 0 Å². The molecule has 0 aliphatic carbocycles. The predicted molar refractivity (Wildman–Crippen MR) is 68.4 cm³/mol. The summed E-state index contributed by atoms with van der Waals surface area (Å²) in [5.74, 6) is 0. The second-order valence-corrected chi connectivity index (χ2v) is 5.18. The highest BCUT2D eigenvalue weighted by Crippen LogP contribution is 2.25. The van der Waals surface area contributed by atoms with Gasteiger partial charge >= 0.3 is 0 Å². The van der Waals surface area contributed by atoms with Crippen LogP contribution in [0.2, 0.25) is 5.02 Å². The Balaban J connectivity index is 2.02. The van der Waals surface area contributed by atoms with Crippen molar-refractivity contribution in [2.75, 3.05) is 5.32 Å². The number of hydrogen-bond acceptors (Lipinski definition) is 4. The molecule has 2 rings (SSSR count). The van der Waals surface area contributed by atoms with E-state index in [0.717, 1.165) is 22.5 Å². The van der Waals surface area contributed by atoms with E-state index >= 15 is 0 Å². The fourth-order valence-corrected chi connectivity index (χ4v) is 2.39. The van der Waals surface area contributed by atoms with Gasteiger partial charge in [-0.1, -0.05) is 29.0 Å². The molecule has 0 fully saturated rings. The first kappa shape index (κ1) is 13.2. The molecule has 0 saturated heterocycles. The second kappa shape index (κ2) is 5.58. The second-order valence-electron chi connectivity index (χ2n) is 3.74. The van der Waals surface area contributed by atoms with Crippen LogP contribution in [0.15, 0.2) is 18.2 Å². The van der Waals surface area contributed by atoms with Crippen molar-refractivity contribution in [3.63, 3.8) is 0 Å². The van der Waals surface area contributed by atoms with Crippen LogP contribution in [0.1, 0.15) is 22.6 Å². The van der Waals surface area contributed by atoms with Gasteiger partial charge in [0.05, 0.1) is 0 Å². The van der Waals surface area contributed by atoms with Crippen LogP contribution in [0.4, 0.5) is 13.9 Å². The zero-order valence-electron chi connectivity index (χ0n) is 9.45. The normalized spacial score (nSPS) is 10.9. The SMILES string of the molecule is Cc1cc(Cl)cc(CNc2nnc(C(F)F)s2)c1. The molecule has 0 unspecified atom stereocenters. The van der Waals surface area contributed by atoms with Crippen molar-refractivity contribution in [2.24, 2.45) is 0 Å². The molecular weight excluding hydrogens is 280 g/mol. The van der Waals surface area contributed by atoms with Crippen molar-refractivity contribution < 1.29 is 8.78 Å². The molecule has 1 aromatic heterocycles. The smallest absolute Gasteiger partial charge is 0.291 e. The maximum absolute atomic E-state index is 12.3. The summed E-state index contributed by atoms with van der Waals surface area (Å²) in [6.07, 6.45) is -2.58. The Kier molecular flexibility index (Phi) is 4.08. The maximum Gasteiger partial charge on any atom is 0.291 e. The topological polar surface area (TPSA) is 37.8 Å². The van der Waals surface area contributed by atoms with Crippen LogP contribution in [-0.2, 0) is 6.54 Å². The molecule has 3 nitrogen and oxygen atoms in total. The minimum Gasteiger partial charge on any atom is -0.356 e. The number of anilines is 1. The summed E-state index contributed by atoms with van der Waals surface area (Å²) in [5, 5.41) is 10.7. The lowest BCUT2D eigenvalue weighted by molar-refractivity contribution is 0.150. The summed E-state index contributed by atoms with van der Waals surface area (Å²) in [6, 6.07) is 5.63. The zero-order chi connectivity index (χ0) is 13.1. The van der Waals surface area contributed by atoms with Crippen molar-refractivity contribution >= 4 is 28.1 Å². The van der Waals surface area contributed by atoms with Crippen molar-refractivity contribution in [3.05, 3.63) is 39.4 Å². The van der Waals surface area contributed by atoms with Gasteiger partial charge in [0.1, 0.15) is 0 Å². The quantitative estimate of drug-likeness (QED) is 0.923. The molecule has 2 aromatic rings. The van der Waals surface area contributed by atoms with E-state index in [0.29, 0.717) is 16.7 Å². The average Bonchev–Trinajstić information content (AvgIpc) is 2.73. The Bertz CT molecular complexity index is 525. The van der Waals surface area contributed by atoms with Crippen molar-refractivity contribution in [1.29, 1.82) is 0 Å². The lowest BCUT2D eigenvalue weighted by Crippen LogP contribution is -1.99. The fourth-order valence-electron chi connectivity index (χ4n) is 1.49. The van der Waals surface area contributed by atoms with E-state index in [1.165, 1.54) is 0 Å². The molecule has 0 aliphatic heterocycles. The Hall–Kier alpha value is -1.27. The third kappa shape index (κ3) is 3.36. The van der Waals surface area contributed by atoms with E-state index in [2.05, 4.69) is 15.5 Å².